The summed E-state index contributed by atoms with van der Waals surface area (Å²) >= 11 is 13.1. The Bertz CT molecular complexity index is 997. The summed E-state index contributed by atoms with van der Waals surface area (Å²) in [5.74, 6) is 1.15. The summed E-state index contributed by atoms with van der Waals surface area (Å²) in [6.07, 6.45) is 4.03. The van der Waals surface area contributed by atoms with E-state index in [1.165, 1.54) is 0 Å². The van der Waals surface area contributed by atoms with Gasteiger partial charge in [0.25, 0.3) is 0 Å². The van der Waals surface area contributed by atoms with Gasteiger partial charge >= 0.3 is 0 Å². The van der Waals surface area contributed by atoms with Gasteiger partial charge in [0.05, 0.1) is 28.0 Å². The van der Waals surface area contributed by atoms with Gasteiger partial charge in [-0.15, -0.1) is 5.10 Å². The minimum atomic E-state index is 0.216. The lowest BCUT2D eigenvalue weighted by Gasteiger charge is -2.13. The molecule has 10 heteroatoms. The molecule has 3 aromatic rings. The number of benzene rings is 1. The first kappa shape index (κ1) is 18.9. The zero-order valence-electron chi connectivity index (χ0n) is 15.5. The number of hydrogen-bond donors (Lipinski definition) is 3. The zero-order valence-corrected chi connectivity index (χ0v) is 17.0. The van der Waals surface area contributed by atoms with E-state index in [2.05, 4.69) is 36.2 Å². The Labute approximate surface area is 172 Å². The lowest BCUT2D eigenvalue weighted by molar-refractivity contribution is 0.625. The van der Waals surface area contributed by atoms with Gasteiger partial charge in [-0.1, -0.05) is 28.4 Å². The Balaban J connectivity index is 1.67. The number of nitrogens with zero attached hydrogens (tertiary/aromatic N) is 5. The van der Waals surface area contributed by atoms with Crippen molar-refractivity contribution in [2.24, 2.45) is 0 Å². The van der Waals surface area contributed by atoms with Crippen LogP contribution in [0.4, 0.5) is 17.5 Å². The SMILES string of the molecule is CNc1cc(C)nc(Nc2ccc(Cl)c(-n3cc([C@@H]4CCCN4)nn3)c2Cl)n1. The topological polar surface area (TPSA) is 92.6 Å². The molecular weight excluding hydrogens is 399 g/mol. The molecule has 3 heterocycles. The second kappa shape index (κ2) is 7.90. The van der Waals surface area contributed by atoms with E-state index >= 15 is 0 Å². The third-order valence-corrected chi connectivity index (χ3v) is 5.27. The summed E-state index contributed by atoms with van der Waals surface area (Å²) < 4.78 is 1.61. The summed E-state index contributed by atoms with van der Waals surface area (Å²) in [6.45, 7) is 2.89. The Morgan fingerprint density at radius 2 is 2.11 bits per heavy atom. The van der Waals surface area contributed by atoms with Gasteiger partial charge in [0.2, 0.25) is 5.95 Å². The normalized spacial score (nSPS) is 16.4. The molecule has 0 bridgehead atoms. The number of halogens is 2. The first-order chi connectivity index (χ1) is 13.5. The monoisotopic (exact) mass is 418 g/mol. The average molecular weight is 419 g/mol. The number of aryl methyl sites for hydroxylation is 1. The van der Waals surface area contributed by atoms with E-state index in [0.717, 1.165) is 30.8 Å². The number of anilines is 3. The highest BCUT2D eigenvalue weighted by molar-refractivity contribution is 6.39. The lowest BCUT2D eigenvalue weighted by atomic mass is 10.2. The van der Waals surface area contributed by atoms with Crippen LogP contribution >= 0.6 is 23.2 Å². The smallest absolute Gasteiger partial charge is 0.229 e. The molecule has 1 saturated heterocycles. The molecule has 1 aliphatic heterocycles. The highest BCUT2D eigenvalue weighted by Crippen LogP contribution is 2.36. The highest BCUT2D eigenvalue weighted by atomic mass is 35.5. The fourth-order valence-electron chi connectivity index (χ4n) is 3.20. The second-order valence-corrected chi connectivity index (χ2v) is 7.37. The van der Waals surface area contributed by atoms with Gasteiger partial charge in [-0.3, -0.25) is 0 Å². The van der Waals surface area contributed by atoms with Crippen molar-refractivity contribution in [2.45, 2.75) is 25.8 Å². The number of hydrogen-bond acceptors (Lipinski definition) is 7. The standard InChI is InChI=1S/C18H20Cl2N8/c1-10-8-15(21-2)25-18(23-10)24-13-6-5-11(19)17(16(13)20)28-9-14(26-27-28)12-4-3-7-22-12/h5-6,8-9,12,22H,3-4,7H2,1-2H3,(H2,21,23,24,25)/t12-/m0/s1. The first-order valence-electron chi connectivity index (χ1n) is 8.99. The summed E-state index contributed by atoms with van der Waals surface area (Å²) in [7, 11) is 1.81. The van der Waals surface area contributed by atoms with E-state index in [0.29, 0.717) is 33.2 Å². The molecule has 146 valence electrons. The zero-order chi connectivity index (χ0) is 19.7. The van der Waals surface area contributed by atoms with Crippen molar-refractivity contribution in [2.75, 3.05) is 24.2 Å². The molecule has 0 radical (unpaired) electrons. The van der Waals surface area contributed by atoms with Gasteiger partial charge in [0.1, 0.15) is 17.2 Å². The van der Waals surface area contributed by atoms with Crippen LogP contribution in [-0.2, 0) is 0 Å². The molecule has 0 spiro atoms. The molecule has 1 fully saturated rings. The van der Waals surface area contributed by atoms with Crippen molar-refractivity contribution in [3.05, 3.63) is 45.8 Å². The van der Waals surface area contributed by atoms with Crippen LogP contribution in [0.1, 0.15) is 30.3 Å². The molecule has 3 N–H and O–H groups in total. The van der Waals surface area contributed by atoms with Crippen LogP contribution in [0.5, 0.6) is 0 Å². The van der Waals surface area contributed by atoms with E-state index < -0.39 is 0 Å². The van der Waals surface area contributed by atoms with Crippen LogP contribution < -0.4 is 16.0 Å². The Hall–Kier alpha value is -2.42. The number of aromatic nitrogens is 5. The second-order valence-electron chi connectivity index (χ2n) is 6.59. The largest absolute Gasteiger partial charge is 0.373 e. The minimum absolute atomic E-state index is 0.216. The van der Waals surface area contributed by atoms with Gasteiger partial charge < -0.3 is 16.0 Å². The first-order valence-corrected chi connectivity index (χ1v) is 9.75. The Morgan fingerprint density at radius 3 is 2.86 bits per heavy atom. The van der Waals surface area contributed by atoms with Crippen LogP contribution in [0, 0.1) is 6.92 Å². The molecule has 0 aliphatic carbocycles. The van der Waals surface area contributed by atoms with E-state index in [9.17, 15) is 0 Å². The van der Waals surface area contributed by atoms with Crippen LogP contribution in [0.3, 0.4) is 0 Å². The van der Waals surface area contributed by atoms with Gasteiger partial charge in [-0.25, -0.2) is 9.67 Å². The predicted molar refractivity (Wildman–Crippen MR) is 111 cm³/mol. The van der Waals surface area contributed by atoms with E-state index in [1.807, 2.05) is 19.2 Å². The summed E-state index contributed by atoms with van der Waals surface area (Å²) in [5.41, 5.74) is 2.90. The van der Waals surface area contributed by atoms with Crippen molar-refractivity contribution in [3.8, 4) is 5.69 Å². The molecule has 2 aromatic heterocycles. The lowest BCUT2D eigenvalue weighted by Crippen LogP contribution is -2.13. The van der Waals surface area contributed by atoms with Crippen molar-refractivity contribution < 1.29 is 0 Å². The van der Waals surface area contributed by atoms with Crippen LogP contribution in [0.15, 0.2) is 24.4 Å². The van der Waals surface area contributed by atoms with Crippen LogP contribution in [0.25, 0.3) is 5.69 Å². The summed E-state index contributed by atoms with van der Waals surface area (Å²) in [4.78, 5) is 8.80. The van der Waals surface area contributed by atoms with Gasteiger partial charge in [0.15, 0.2) is 0 Å². The highest BCUT2D eigenvalue weighted by Gasteiger charge is 2.21. The van der Waals surface area contributed by atoms with E-state index in [4.69, 9.17) is 23.2 Å². The number of rotatable bonds is 5. The van der Waals surface area contributed by atoms with Crippen molar-refractivity contribution in [1.29, 1.82) is 0 Å². The fraction of sp³-hybridized carbons (Fsp3) is 0.333. The van der Waals surface area contributed by atoms with Crippen LogP contribution in [-0.4, -0.2) is 38.6 Å². The molecule has 4 rings (SSSR count). The number of nitrogens with one attached hydrogen (secondary N) is 3. The maximum absolute atomic E-state index is 6.66. The van der Waals surface area contributed by atoms with Crippen LogP contribution in [0.2, 0.25) is 10.0 Å². The molecule has 0 amide bonds. The molecule has 0 saturated carbocycles. The van der Waals surface area contributed by atoms with Gasteiger partial charge in [-0.2, -0.15) is 4.98 Å². The maximum atomic E-state index is 6.66. The molecular formula is C18H20Cl2N8. The predicted octanol–water partition coefficient (Wildman–Crippen LogP) is 3.88. The quantitative estimate of drug-likeness (QED) is 0.578. The Morgan fingerprint density at radius 1 is 1.25 bits per heavy atom. The molecule has 1 aromatic carbocycles. The van der Waals surface area contributed by atoms with E-state index in [-0.39, 0.29) is 6.04 Å². The van der Waals surface area contributed by atoms with Crippen molar-refractivity contribution in [1.82, 2.24) is 30.3 Å². The maximum Gasteiger partial charge on any atom is 0.229 e. The van der Waals surface area contributed by atoms with Crippen molar-refractivity contribution >= 4 is 40.7 Å². The molecule has 28 heavy (non-hydrogen) atoms. The molecule has 1 atom stereocenters. The summed E-state index contributed by atoms with van der Waals surface area (Å²) in [6, 6.07) is 5.62. The molecule has 1 aliphatic rings. The van der Waals surface area contributed by atoms with Gasteiger partial charge in [-0.05, 0) is 38.4 Å². The van der Waals surface area contributed by atoms with Gasteiger partial charge in [0, 0.05) is 18.8 Å². The third-order valence-electron chi connectivity index (χ3n) is 4.58. The fourth-order valence-corrected chi connectivity index (χ4v) is 3.79. The summed E-state index contributed by atoms with van der Waals surface area (Å²) in [5, 5.41) is 19.0. The van der Waals surface area contributed by atoms with E-state index in [1.54, 1.807) is 23.9 Å². The Kier molecular flexibility index (Phi) is 5.34. The average Bonchev–Trinajstić information content (AvgIpc) is 3.35. The minimum Gasteiger partial charge on any atom is -0.373 e. The third kappa shape index (κ3) is 3.76. The molecule has 0 unspecified atom stereocenters. The van der Waals surface area contributed by atoms with Crippen molar-refractivity contribution in [3.63, 3.8) is 0 Å². The molecule has 8 nitrogen and oxygen atoms in total.